The summed E-state index contributed by atoms with van der Waals surface area (Å²) in [7, 11) is 0. The second-order valence-corrected chi connectivity index (χ2v) is 8.25. The quantitative estimate of drug-likeness (QED) is 0.583. The lowest BCUT2D eigenvalue weighted by molar-refractivity contribution is 0.120. The molecular formula is C22H24ClN7O2. The summed E-state index contributed by atoms with van der Waals surface area (Å²) >= 11 is 6.05. The second-order valence-electron chi connectivity index (χ2n) is 7.81. The molecule has 0 bridgehead atoms. The van der Waals surface area contributed by atoms with Crippen LogP contribution in [0.3, 0.4) is 0 Å². The first-order chi connectivity index (χ1) is 15.6. The van der Waals surface area contributed by atoms with Crippen LogP contribution in [0.2, 0.25) is 5.02 Å². The number of piperazine rings is 1. The number of nitrogen functional groups attached to an aromatic ring is 1. The van der Waals surface area contributed by atoms with Crippen molar-refractivity contribution in [1.29, 1.82) is 0 Å². The second kappa shape index (κ2) is 9.15. The predicted octanol–water partition coefficient (Wildman–Crippen LogP) is 2.90. The van der Waals surface area contributed by atoms with Gasteiger partial charge < -0.3 is 20.5 Å². The van der Waals surface area contributed by atoms with Gasteiger partial charge in [0, 0.05) is 43.4 Å². The zero-order valence-corrected chi connectivity index (χ0v) is 18.3. The molecule has 0 radical (unpaired) electrons. The Kier molecular flexibility index (Phi) is 5.93. The number of benzene rings is 2. The highest BCUT2D eigenvalue weighted by Crippen LogP contribution is 2.32. The summed E-state index contributed by atoms with van der Waals surface area (Å²) in [6, 6.07) is 13.5. The number of halogens is 1. The van der Waals surface area contributed by atoms with Crippen LogP contribution in [0.5, 0.6) is 11.5 Å². The number of hydrogen-bond donors (Lipinski definition) is 2. The molecule has 0 atom stereocenters. The van der Waals surface area contributed by atoms with E-state index >= 15 is 0 Å². The van der Waals surface area contributed by atoms with Gasteiger partial charge in [0.2, 0.25) is 18.7 Å². The summed E-state index contributed by atoms with van der Waals surface area (Å²) in [5.74, 6) is 2.90. The van der Waals surface area contributed by atoms with E-state index in [0.717, 1.165) is 49.9 Å². The van der Waals surface area contributed by atoms with Crippen LogP contribution in [-0.2, 0) is 13.1 Å². The highest BCUT2D eigenvalue weighted by Gasteiger charge is 2.20. The van der Waals surface area contributed by atoms with Crippen molar-refractivity contribution >= 4 is 29.2 Å². The smallest absolute Gasteiger partial charge is 0.232 e. The Morgan fingerprint density at radius 1 is 0.906 bits per heavy atom. The van der Waals surface area contributed by atoms with Gasteiger partial charge in [-0.3, -0.25) is 9.80 Å². The summed E-state index contributed by atoms with van der Waals surface area (Å²) in [6.07, 6.45) is 0. The monoisotopic (exact) mass is 453 g/mol. The predicted molar refractivity (Wildman–Crippen MR) is 122 cm³/mol. The topological polar surface area (TPSA) is 102 Å². The number of nitrogens with two attached hydrogens (primary N) is 1. The molecule has 3 aromatic rings. The highest BCUT2D eigenvalue weighted by molar-refractivity contribution is 6.30. The summed E-state index contributed by atoms with van der Waals surface area (Å²) in [5.41, 5.74) is 7.94. The van der Waals surface area contributed by atoms with Crippen molar-refractivity contribution in [1.82, 2.24) is 24.8 Å². The van der Waals surface area contributed by atoms with Crippen LogP contribution in [0.15, 0.2) is 42.5 Å². The van der Waals surface area contributed by atoms with Crippen molar-refractivity contribution in [2.45, 2.75) is 13.1 Å². The van der Waals surface area contributed by atoms with Crippen molar-refractivity contribution in [2.75, 3.05) is 44.0 Å². The van der Waals surface area contributed by atoms with E-state index < -0.39 is 0 Å². The normalized spacial score (nSPS) is 16.3. The Labute approximate surface area is 191 Å². The Morgan fingerprint density at radius 2 is 1.69 bits per heavy atom. The molecule has 0 amide bonds. The van der Waals surface area contributed by atoms with E-state index in [1.54, 1.807) is 6.07 Å². The molecular weight excluding hydrogens is 430 g/mol. The van der Waals surface area contributed by atoms with Gasteiger partial charge >= 0.3 is 0 Å². The number of aromatic nitrogens is 3. The number of anilines is 3. The van der Waals surface area contributed by atoms with Crippen LogP contribution in [-0.4, -0.2) is 57.7 Å². The molecule has 10 heteroatoms. The first-order valence-electron chi connectivity index (χ1n) is 10.5. The Hall–Kier alpha value is -3.14. The first-order valence-corrected chi connectivity index (χ1v) is 10.8. The third-order valence-corrected chi connectivity index (χ3v) is 5.69. The van der Waals surface area contributed by atoms with E-state index in [0.29, 0.717) is 30.1 Å². The van der Waals surface area contributed by atoms with E-state index in [2.05, 4.69) is 42.2 Å². The lowest BCUT2D eigenvalue weighted by Gasteiger charge is -2.34. The van der Waals surface area contributed by atoms with Crippen molar-refractivity contribution < 1.29 is 9.47 Å². The number of ether oxygens (including phenoxy) is 2. The third-order valence-electron chi connectivity index (χ3n) is 5.45. The average molecular weight is 454 g/mol. The summed E-state index contributed by atoms with van der Waals surface area (Å²) in [6.45, 7) is 5.58. The standard InChI is InChI=1S/C22H24ClN7O2/c23-16-2-1-3-17(11-16)25-22-27-20(26-21(24)28-22)13-30-8-6-29(7-9-30)12-15-4-5-18-19(10-15)32-14-31-18/h1-5,10-11H,6-9,12-14H2,(H3,24,25,26,27,28). The molecule has 0 spiro atoms. The number of rotatable bonds is 6. The molecule has 0 saturated carbocycles. The lowest BCUT2D eigenvalue weighted by atomic mass is 10.1. The van der Waals surface area contributed by atoms with E-state index in [1.165, 1.54) is 5.56 Å². The van der Waals surface area contributed by atoms with Gasteiger partial charge in [-0.05, 0) is 35.9 Å². The molecule has 1 fully saturated rings. The average Bonchev–Trinajstić information content (AvgIpc) is 3.23. The van der Waals surface area contributed by atoms with Crippen LogP contribution in [0.4, 0.5) is 17.6 Å². The Bertz CT molecular complexity index is 1110. The fourth-order valence-corrected chi connectivity index (χ4v) is 4.05. The zero-order chi connectivity index (χ0) is 21.9. The molecule has 2 aliphatic heterocycles. The van der Waals surface area contributed by atoms with Crippen molar-refractivity contribution in [3.05, 3.63) is 58.9 Å². The number of nitrogens with one attached hydrogen (secondary N) is 1. The molecule has 3 heterocycles. The molecule has 0 unspecified atom stereocenters. The minimum atomic E-state index is 0.195. The third kappa shape index (κ3) is 5.01. The van der Waals surface area contributed by atoms with Crippen LogP contribution >= 0.6 is 11.6 Å². The van der Waals surface area contributed by atoms with Gasteiger partial charge in [-0.1, -0.05) is 23.7 Å². The fraction of sp³-hybridized carbons (Fsp3) is 0.318. The van der Waals surface area contributed by atoms with Crippen molar-refractivity contribution in [3.63, 3.8) is 0 Å². The Balaban J connectivity index is 1.16. The van der Waals surface area contributed by atoms with Gasteiger partial charge in [-0.25, -0.2) is 0 Å². The van der Waals surface area contributed by atoms with Gasteiger partial charge in [-0.15, -0.1) is 0 Å². The van der Waals surface area contributed by atoms with Crippen LogP contribution in [0, 0.1) is 0 Å². The first kappa shape index (κ1) is 20.7. The van der Waals surface area contributed by atoms with Crippen LogP contribution < -0.4 is 20.5 Å². The van der Waals surface area contributed by atoms with E-state index in [9.17, 15) is 0 Å². The molecule has 2 aliphatic rings. The maximum Gasteiger partial charge on any atom is 0.232 e. The maximum atomic E-state index is 6.05. The SMILES string of the molecule is Nc1nc(CN2CCN(Cc3ccc4c(c3)OCO4)CC2)nc(Nc2cccc(Cl)c2)n1. The van der Waals surface area contributed by atoms with E-state index in [1.807, 2.05) is 24.3 Å². The van der Waals surface area contributed by atoms with Gasteiger partial charge in [0.1, 0.15) is 5.82 Å². The molecule has 9 nitrogen and oxygen atoms in total. The van der Waals surface area contributed by atoms with Crippen LogP contribution in [0.25, 0.3) is 0 Å². The molecule has 1 saturated heterocycles. The summed E-state index contributed by atoms with van der Waals surface area (Å²) in [4.78, 5) is 17.8. The fourth-order valence-electron chi connectivity index (χ4n) is 3.86. The largest absolute Gasteiger partial charge is 0.454 e. The van der Waals surface area contributed by atoms with Crippen molar-refractivity contribution in [2.24, 2.45) is 0 Å². The van der Waals surface area contributed by atoms with Gasteiger partial charge in [-0.2, -0.15) is 15.0 Å². The number of hydrogen-bond acceptors (Lipinski definition) is 9. The minimum absolute atomic E-state index is 0.195. The summed E-state index contributed by atoms with van der Waals surface area (Å²) < 4.78 is 10.9. The summed E-state index contributed by atoms with van der Waals surface area (Å²) in [5, 5.41) is 3.78. The molecule has 0 aliphatic carbocycles. The Morgan fingerprint density at radius 3 is 2.50 bits per heavy atom. The van der Waals surface area contributed by atoms with Crippen LogP contribution in [0.1, 0.15) is 11.4 Å². The number of fused-ring (bicyclic) bond motifs is 1. The molecule has 1 aromatic heterocycles. The maximum absolute atomic E-state index is 6.05. The zero-order valence-electron chi connectivity index (χ0n) is 17.5. The molecule has 166 valence electrons. The molecule has 32 heavy (non-hydrogen) atoms. The van der Waals surface area contributed by atoms with Gasteiger partial charge in [0.25, 0.3) is 0 Å². The lowest BCUT2D eigenvalue weighted by Crippen LogP contribution is -2.45. The minimum Gasteiger partial charge on any atom is -0.454 e. The molecule has 5 rings (SSSR count). The molecule has 3 N–H and O–H groups in total. The van der Waals surface area contributed by atoms with Crippen molar-refractivity contribution in [3.8, 4) is 11.5 Å². The van der Waals surface area contributed by atoms with E-state index in [-0.39, 0.29) is 5.95 Å². The number of nitrogens with zero attached hydrogens (tertiary/aromatic N) is 5. The highest BCUT2D eigenvalue weighted by atomic mass is 35.5. The van der Waals surface area contributed by atoms with Gasteiger partial charge in [0.15, 0.2) is 11.5 Å². The molecule has 2 aromatic carbocycles. The van der Waals surface area contributed by atoms with E-state index in [4.69, 9.17) is 26.8 Å². The van der Waals surface area contributed by atoms with Gasteiger partial charge in [0.05, 0.1) is 6.54 Å².